The predicted molar refractivity (Wildman–Crippen MR) is 89.4 cm³/mol. The maximum atomic E-state index is 11.3. The smallest absolute Gasteiger partial charge is 0.434 e. The van der Waals surface area contributed by atoms with E-state index in [-0.39, 0.29) is 18.5 Å². The first kappa shape index (κ1) is 15.8. The number of imidazole rings is 1. The first-order valence-electron chi connectivity index (χ1n) is 7.82. The highest BCUT2D eigenvalue weighted by Crippen LogP contribution is 2.25. The highest BCUT2D eigenvalue weighted by Gasteiger charge is 2.15. The van der Waals surface area contributed by atoms with Crippen LogP contribution in [0.2, 0.25) is 0 Å². The maximum absolute atomic E-state index is 11.3. The quantitative estimate of drug-likeness (QED) is 0.517. The summed E-state index contributed by atoms with van der Waals surface area (Å²) in [6.07, 6.45) is 2.36. The molecule has 0 aliphatic carbocycles. The molecule has 26 heavy (non-hydrogen) atoms. The molecule has 0 spiro atoms. The van der Waals surface area contributed by atoms with E-state index in [0.717, 1.165) is 16.9 Å². The number of nitrogens with zero attached hydrogens (tertiary/aromatic N) is 5. The number of carbonyl (C=O) groups is 1. The van der Waals surface area contributed by atoms with E-state index in [1.54, 1.807) is 17.6 Å². The van der Waals surface area contributed by atoms with Crippen molar-refractivity contribution in [2.24, 2.45) is 0 Å². The lowest BCUT2D eigenvalue weighted by atomic mass is 10.1. The van der Waals surface area contributed by atoms with Gasteiger partial charge in [0.15, 0.2) is 5.65 Å². The number of hydrogen-bond donors (Lipinski definition) is 0. The fourth-order valence-corrected chi connectivity index (χ4v) is 2.37. The number of aromatic nitrogens is 5. The highest BCUT2D eigenvalue weighted by atomic mass is 16.8. The lowest BCUT2D eigenvalue weighted by molar-refractivity contribution is 0.0893. The van der Waals surface area contributed by atoms with Crippen molar-refractivity contribution < 1.29 is 18.8 Å². The number of fused-ring (bicyclic) bond motifs is 1. The Labute approximate surface area is 147 Å². The fraction of sp³-hybridized carbons (Fsp3) is 0.118. The van der Waals surface area contributed by atoms with E-state index in [4.69, 9.17) is 9.26 Å². The molecule has 0 saturated heterocycles. The van der Waals surface area contributed by atoms with Crippen molar-refractivity contribution in [1.82, 2.24) is 24.7 Å². The molecule has 0 bridgehead atoms. The van der Waals surface area contributed by atoms with Crippen LogP contribution in [0, 0.1) is 0 Å². The van der Waals surface area contributed by atoms with Crippen LogP contribution in [-0.2, 0) is 4.74 Å². The summed E-state index contributed by atoms with van der Waals surface area (Å²) in [7, 11) is 0. The Balaban J connectivity index is 1.61. The molecule has 4 rings (SSSR count). The normalized spacial score (nSPS) is 10.8. The SMILES string of the molecule is CCOC(=O)Oc1nc(-c2cccc(-c3cn4ncccc4n3)c2)no1. The molecule has 0 fully saturated rings. The van der Waals surface area contributed by atoms with Crippen molar-refractivity contribution in [3.8, 4) is 28.7 Å². The molecule has 0 aliphatic heterocycles. The molecule has 0 atom stereocenters. The van der Waals surface area contributed by atoms with Gasteiger partial charge in [0.05, 0.1) is 18.5 Å². The number of hydrogen-bond acceptors (Lipinski definition) is 8. The lowest BCUT2D eigenvalue weighted by Crippen LogP contribution is -2.10. The summed E-state index contributed by atoms with van der Waals surface area (Å²) >= 11 is 0. The van der Waals surface area contributed by atoms with Gasteiger partial charge >= 0.3 is 12.2 Å². The van der Waals surface area contributed by atoms with E-state index in [0.29, 0.717) is 5.56 Å². The summed E-state index contributed by atoms with van der Waals surface area (Å²) < 4.78 is 16.1. The topological polar surface area (TPSA) is 105 Å². The van der Waals surface area contributed by atoms with Gasteiger partial charge < -0.3 is 9.47 Å². The van der Waals surface area contributed by atoms with Gasteiger partial charge in [-0.15, -0.1) is 0 Å². The van der Waals surface area contributed by atoms with Gasteiger partial charge in [0.1, 0.15) is 0 Å². The number of benzene rings is 1. The van der Waals surface area contributed by atoms with E-state index in [2.05, 4.69) is 25.0 Å². The molecule has 0 radical (unpaired) electrons. The number of ether oxygens (including phenoxy) is 2. The Morgan fingerprint density at radius 2 is 2.08 bits per heavy atom. The Morgan fingerprint density at radius 1 is 1.19 bits per heavy atom. The van der Waals surface area contributed by atoms with Gasteiger partial charge in [-0.2, -0.15) is 10.1 Å². The molecule has 9 heteroatoms. The highest BCUT2D eigenvalue weighted by molar-refractivity contribution is 5.69. The van der Waals surface area contributed by atoms with E-state index in [1.807, 2.05) is 42.6 Å². The Bertz CT molecular complexity index is 1040. The van der Waals surface area contributed by atoms with Crippen LogP contribution in [0.4, 0.5) is 4.79 Å². The van der Waals surface area contributed by atoms with E-state index >= 15 is 0 Å². The summed E-state index contributed by atoms with van der Waals surface area (Å²) in [5.41, 5.74) is 3.07. The zero-order chi connectivity index (χ0) is 17.9. The zero-order valence-electron chi connectivity index (χ0n) is 13.7. The minimum atomic E-state index is -0.895. The van der Waals surface area contributed by atoms with Gasteiger partial charge in [0.25, 0.3) is 0 Å². The third-order valence-corrected chi connectivity index (χ3v) is 3.49. The van der Waals surface area contributed by atoms with Crippen molar-refractivity contribution in [3.63, 3.8) is 0 Å². The van der Waals surface area contributed by atoms with Crippen molar-refractivity contribution >= 4 is 11.8 Å². The van der Waals surface area contributed by atoms with Gasteiger partial charge in [-0.1, -0.05) is 23.4 Å². The minimum absolute atomic E-state index is 0.190. The predicted octanol–water partition coefficient (Wildman–Crippen LogP) is 2.98. The summed E-state index contributed by atoms with van der Waals surface area (Å²) in [6.45, 7) is 1.86. The molecule has 130 valence electrons. The number of carbonyl (C=O) groups excluding carboxylic acids is 1. The molecule has 0 saturated carbocycles. The van der Waals surface area contributed by atoms with Crippen LogP contribution < -0.4 is 4.74 Å². The van der Waals surface area contributed by atoms with Crippen molar-refractivity contribution in [1.29, 1.82) is 0 Å². The molecule has 0 aliphatic rings. The lowest BCUT2D eigenvalue weighted by Gasteiger charge is -1.99. The molecule has 0 unspecified atom stereocenters. The second-order valence-electron chi connectivity index (χ2n) is 5.20. The number of rotatable bonds is 4. The summed E-state index contributed by atoms with van der Waals surface area (Å²) in [4.78, 5) is 19.9. The van der Waals surface area contributed by atoms with Gasteiger partial charge in [0, 0.05) is 17.3 Å². The first-order chi connectivity index (χ1) is 12.7. The van der Waals surface area contributed by atoms with Crippen LogP contribution in [0.25, 0.3) is 28.3 Å². The molecular formula is C17H13N5O4. The van der Waals surface area contributed by atoms with Crippen LogP contribution in [-0.4, -0.2) is 37.5 Å². The fourth-order valence-electron chi connectivity index (χ4n) is 2.37. The molecule has 4 aromatic rings. The van der Waals surface area contributed by atoms with Gasteiger partial charge in [0.2, 0.25) is 5.82 Å². The van der Waals surface area contributed by atoms with Crippen molar-refractivity contribution in [2.45, 2.75) is 6.92 Å². The van der Waals surface area contributed by atoms with Crippen LogP contribution >= 0.6 is 0 Å². The standard InChI is InChI=1S/C17H13N5O4/c1-2-24-17(23)25-16-20-15(21-26-16)12-6-3-5-11(9-12)13-10-22-14(19-13)7-4-8-18-22/h3-10H,2H2,1H3. The molecule has 9 nitrogen and oxygen atoms in total. The van der Waals surface area contributed by atoms with Gasteiger partial charge in [-0.25, -0.2) is 14.3 Å². The average molecular weight is 351 g/mol. The van der Waals surface area contributed by atoms with Gasteiger partial charge in [-0.3, -0.25) is 4.52 Å². The third kappa shape index (κ3) is 3.09. The molecule has 1 aromatic carbocycles. The van der Waals surface area contributed by atoms with E-state index in [1.165, 1.54) is 0 Å². The second-order valence-corrected chi connectivity index (χ2v) is 5.20. The van der Waals surface area contributed by atoms with Crippen molar-refractivity contribution in [3.05, 3.63) is 48.8 Å². The molecular weight excluding hydrogens is 338 g/mol. The largest absolute Gasteiger partial charge is 0.517 e. The Morgan fingerprint density at radius 3 is 2.92 bits per heavy atom. The van der Waals surface area contributed by atoms with Gasteiger partial charge in [-0.05, 0) is 25.1 Å². The molecule has 0 N–H and O–H groups in total. The average Bonchev–Trinajstić information content (AvgIpc) is 3.29. The van der Waals surface area contributed by atoms with Crippen LogP contribution in [0.15, 0.2) is 53.3 Å². The Kier molecular flexibility index (Phi) is 4.02. The van der Waals surface area contributed by atoms with Crippen LogP contribution in [0.5, 0.6) is 6.08 Å². The first-order valence-corrected chi connectivity index (χ1v) is 7.82. The Hall–Kier alpha value is -3.75. The van der Waals surface area contributed by atoms with Crippen molar-refractivity contribution in [2.75, 3.05) is 6.61 Å². The molecule has 3 aromatic heterocycles. The van der Waals surface area contributed by atoms with Crippen LogP contribution in [0.3, 0.4) is 0 Å². The summed E-state index contributed by atoms with van der Waals surface area (Å²) in [6, 6.07) is 11.1. The summed E-state index contributed by atoms with van der Waals surface area (Å²) in [5, 5.41) is 8.03. The maximum Gasteiger partial charge on any atom is 0.517 e. The third-order valence-electron chi connectivity index (χ3n) is 3.49. The minimum Gasteiger partial charge on any atom is -0.434 e. The van der Waals surface area contributed by atoms with E-state index in [9.17, 15) is 4.79 Å². The zero-order valence-corrected chi connectivity index (χ0v) is 13.7. The second kappa shape index (κ2) is 6.63. The van der Waals surface area contributed by atoms with E-state index < -0.39 is 6.16 Å². The monoisotopic (exact) mass is 351 g/mol. The molecule has 3 heterocycles. The van der Waals surface area contributed by atoms with Crippen LogP contribution in [0.1, 0.15) is 6.92 Å². The summed E-state index contributed by atoms with van der Waals surface area (Å²) in [5.74, 6) is 0.285. The molecule has 0 amide bonds.